The number of anilines is 1. The number of carbonyl (C=O) groups is 3. The molecule has 7 nitrogen and oxygen atoms in total. The van der Waals surface area contributed by atoms with E-state index in [2.05, 4.69) is 30.2 Å². The Bertz CT molecular complexity index is 1100. The van der Waals surface area contributed by atoms with Gasteiger partial charge in [-0.2, -0.15) is 12.6 Å². The van der Waals surface area contributed by atoms with E-state index < -0.39 is 23.8 Å². The fourth-order valence-electron chi connectivity index (χ4n) is 4.35. The molecule has 2 unspecified atom stereocenters. The number of unbranched alkanes of at least 4 members (excludes halogenated alkanes) is 4. The summed E-state index contributed by atoms with van der Waals surface area (Å²) < 4.78 is 5.40. The van der Waals surface area contributed by atoms with Crippen molar-refractivity contribution >= 4 is 36.2 Å². The Labute approximate surface area is 239 Å². The Balaban J connectivity index is 2.48. The number of rotatable bonds is 13. The molecule has 0 aromatic heterocycles. The zero-order valence-electron chi connectivity index (χ0n) is 24.3. The molecule has 0 heterocycles. The number of nitrogens with one attached hydrogen (secondary N) is 2. The zero-order chi connectivity index (χ0) is 29.0. The number of ether oxygens (including phenoxy) is 1. The van der Waals surface area contributed by atoms with E-state index in [1.165, 1.54) is 0 Å². The number of alkyl carbamates (subject to hydrolysis) is 1. The third kappa shape index (κ3) is 10.2. The summed E-state index contributed by atoms with van der Waals surface area (Å²) in [5.74, 6) is -0.625. The van der Waals surface area contributed by atoms with E-state index in [-0.39, 0.29) is 17.6 Å². The van der Waals surface area contributed by atoms with Crippen molar-refractivity contribution in [3.8, 4) is 0 Å². The summed E-state index contributed by atoms with van der Waals surface area (Å²) in [6, 6.07) is 13.3. The Morgan fingerprint density at radius 3 is 2.13 bits per heavy atom. The standard InChI is InChI=1S/C31H45N3O4S/c1-7-8-9-10-15-20-34(29(36)26(21-39)33-30(37)38-31(4,5)6)27(24-18-13-11-16-22(24)2)28(35)32-25-19-14-12-17-23(25)3/h11-14,16-19,26-27,39H,7-10,15,20-21H2,1-6H3,(H,32,35)(H,33,37). The molecule has 0 saturated heterocycles. The Morgan fingerprint density at radius 1 is 0.923 bits per heavy atom. The Hall–Kier alpha value is -3.00. The van der Waals surface area contributed by atoms with Crippen LogP contribution in [0.1, 0.15) is 82.5 Å². The van der Waals surface area contributed by atoms with Crippen molar-refractivity contribution in [2.45, 2.75) is 91.3 Å². The van der Waals surface area contributed by atoms with Gasteiger partial charge in [-0.3, -0.25) is 9.59 Å². The molecule has 39 heavy (non-hydrogen) atoms. The van der Waals surface area contributed by atoms with E-state index in [9.17, 15) is 14.4 Å². The summed E-state index contributed by atoms with van der Waals surface area (Å²) in [6.07, 6.45) is 4.24. The monoisotopic (exact) mass is 555 g/mol. The quantitative estimate of drug-likeness (QED) is 0.192. The predicted molar refractivity (Wildman–Crippen MR) is 161 cm³/mol. The molecular formula is C31H45N3O4S. The SMILES string of the molecule is CCCCCCCN(C(=O)C(CS)NC(=O)OC(C)(C)C)C(C(=O)Nc1ccccc1C)c1ccccc1C. The highest BCUT2D eigenvalue weighted by Gasteiger charge is 2.36. The van der Waals surface area contributed by atoms with Crippen LogP contribution in [0.15, 0.2) is 48.5 Å². The first-order valence-corrected chi connectivity index (χ1v) is 14.4. The van der Waals surface area contributed by atoms with Gasteiger partial charge in [-0.1, -0.05) is 75.1 Å². The van der Waals surface area contributed by atoms with Crippen molar-refractivity contribution in [2.75, 3.05) is 17.6 Å². The molecule has 2 N–H and O–H groups in total. The van der Waals surface area contributed by atoms with Crippen LogP contribution in [-0.2, 0) is 14.3 Å². The fraction of sp³-hybridized carbons (Fsp3) is 0.516. The number of para-hydroxylation sites is 1. The van der Waals surface area contributed by atoms with Crippen LogP contribution in [0.4, 0.5) is 10.5 Å². The minimum absolute atomic E-state index is 0.0598. The predicted octanol–water partition coefficient (Wildman–Crippen LogP) is 6.61. The molecule has 214 valence electrons. The van der Waals surface area contributed by atoms with Crippen LogP contribution >= 0.6 is 12.6 Å². The van der Waals surface area contributed by atoms with Gasteiger partial charge in [0.1, 0.15) is 17.7 Å². The number of hydrogen-bond donors (Lipinski definition) is 3. The Morgan fingerprint density at radius 2 is 1.54 bits per heavy atom. The van der Waals surface area contributed by atoms with Gasteiger partial charge in [-0.05, 0) is 63.8 Å². The van der Waals surface area contributed by atoms with Crippen molar-refractivity contribution in [1.29, 1.82) is 0 Å². The minimum Gasteiger partial charge on any atom is -0.444 e. The summed E-state index contributed by atoms with van der Waals surface area (Å²) in [7, 11) is 0. The number of benzene rings is 2. The summed E-state index contributed by atoms with van der Waals surface area (Å²) in [5, 5.41) is 5.72. The molecule has 2 atom stereocenters. The van der Waals surface area contributed by atoms with Gasteiger partial charge in [0.05, 0.1) is 0 Å². The van der Waals surface area contributed by atoms with Gasteiger partial charge < -0.3 is 20.3 Å². The van der Waals surface area contributed by atoms with Crippen LogP contribution in [0.3, 0.4) is 0 Å². The first-order valence-electron chi connectivity index (χ1n) is 13.8. The number of carbonyl (C=O) groups excluding carboxylic acids is 3. The van der Waals surface area contributed by atoms with Crippen LogP contribution in [0, 0.1) is 13.8 Å². The molecule has 3 amide bonds. The molecule has 0 fully saturated rings. The molecule has 0 bridgehead atoms. The lowest BCUT2D eigenvalue weighted by Gasteiger charge is -2.35. The second-order valence-corrected chi connectivity index (χ2v) is 11.3. The highest BCUT2D eigenvalue weighted by Crippen LogP contribution is 2.28. The lowest BCUT2D eigenvalue weighted by molar-refractivity contribution is -0.140. The number of thiol groups is 1. The van der Waals surface area contributed by atoms with E-state index in [1.807, 2.05) is 62.4 Å². The summed E-state index contributed by atoms with van der Waals surface area (Å²) in [6.45, 7) is 11.7. The van der Waals surface area contributed by atoms with E-state index in [0.717, 1.165) is 48.8 Å². The number of hydrogen-bond acceptors (Lipinski definition) is 5. The maximum atomic E-state index is 14.1. The maximum absolute atomic E-state index is 14.1. The summed E-state index contributed by atoms with van der Waals surface area (Å²) >= 11 is 4.38. The first kappa shape index (κ1) is 32.2. The van der Waals surface area contributed by atoms with E-state index >= 15 is 0 Å². The lowest BCUT2D eigenvalue weighted by Crippen LogP contribution is -2.53. The highest BCUT2D eigenvalue weighted by molar-refractivity contribution is 7.80. The van der Waals surface area contributed by atoms with Crippen LogP contribution in [0.5, 0.6) is 0 Å². The second kappa shape index (κ2) is 15.6. The van der Waals surface area contributed by atoms with E-state index in [1.54, 1.807) is 25.7 Å². The molecule has 2 aromatic rings. The molecule has 0 radical (unpaired) electrons. The third-order valence-electron chi connectivity index (χ3n) is 6.40. The number of aryl methyl sites for hydroxylation is 2. The topological polar surface area (TPSA) is 87.7 Å². The van der Waals surface area contributed by atoms with Gasteiger partial charge >= 0.3 is 6.09 Å². The van der Waals surface area contributed by atoms with Crippen molar-refractivity contribution in [1.82, 2.24) is 10.2 Å². The normalized spacial score (nSPS) is 12.8. The number of nitrogens with zero attached hydrogens (tertiary/aromatic N) is 1. The van der Waals surface area contributed by atoms with Crippen molar-refractivity contribution in [2.24, 2.45) is 0 Å². The van der Waals surface area contributed by atoms with Gasteiger partial charge in [0.15, 0.2) is 0 Å². The molecule has 0 spiro atoms. The van der Waals surface area contributed by atoms with Crippen LogP contribution < -0.4 is 10.6 Å². The van der Waals surface area contributed by atoms with Crippen LogP contribution in [0.2, 0.25) is 0 Å². The summed E-state index contributed by atoms with van der Waals surface area (Å²) in [5.41, 5.74) is 2.53. The van der Waals surface area contributed by atoms with E-state index in [4.69, 9.17) is 4.74 Å². The van der Waals surface area contributed by atoms with Crippen LogP contribution in [-0.4, -0.2) is 46.7 Å². The van der Waals surface area contributed by atoms with E-state index in [0.29, 0.717) is 12.2 Å². The van der Waals surface area contributed by atoms with Gasteiger partial charge in [0, 0.05) is 18.0 Å². The van der Waals surface area contributed by atoms with Gasteiger partial charge in [-0.25, -0.2) is 4.79 Å². The molecule has 0 aliphatic carbocycles. The lowest BCUT2D eigenvalue weighted by atomic mass is 9.97. The van der Waals surface area contributed by atoms with Gasteiger partial charge in [0.25, 0.3) is 5.91 Å². The largest absolute Gasteiger partial charge is 0.444 e. The second-order valence-electron chi connectivity index (χ2n) is 10.9. The molecule has 0 aliphatic heterocycles. The smallest absolute Gasteiger partial charge is 0.408 e. The molecule has 2 rings (SSSR count). The fourth-order valence-corrected chi connectivity index (χ4v) is 4.59. The van der Waals surface area contributed by atoms with Crippen LogP contribution in [0.25, 0.3) is 0 Å². The van der Waals surface area contributed by atoms with Crippen molar-refractivity contribution in [3.63, 3.8) is 0 Å². The van der Waals surface area contributed by atoms with Gasteiger partial charge in [0.2, 0.25) is 5.91 Å². The highest BCUT2D eigenvalue weighted by atomic mass is 32.1. The molecular weight excluding hydrogens is 510 g/mol. The average molecular weight is 556 g/mol. The molecule has 0 saturated carbocycles. The van der Waals surface area contributed by atoms with Crippen molar-refractivity contribution in [3.05, 3.63) is 65.2 Å². The number of amides is 3. The molecule has 2 aromatic carbocycles. The Kier molecular flexibility index (Phi) is 12.8. The third-order valence-corrected chi connectivity index (χ3v) is 6.77. The van der Waals surface area contributed by atoms with Crippen molar-refractivity contribution < 1.29 is 19.1 Å². The average Bonchev–Trinajstić information content (AvgIpc) is 2.87. The first-order chi connectivity index (χ1) is 18.5. The minimum atomic E-state index is -0.961. The van der Waals surface area contributed by atoms with Gasteiger partial charge in [-0.15, -0.1) is 0 Å². The zero-order valence-corrected chi connectivity index (χ0v) is 25.1. The molecule has 0 aliphatic rings. The maximum Gasteiger partial charge on any atom is 0.408 e. The summed E-state index contributed by atoms with van der Waals surface area (Å²) in [4.78, 5) is 42.2. The molecule has 8 heteroatoms.